The summed E-state index contributed by atoms with van der Waals surface area (Å²) in [6.07, 6.45) is -0.148. The Balaban J connectivity index is 5.09. The second-order valence-corrected chi connectivity index (χ2v) is 5.49. The van der Waals surface area contributed by atoms with Crippen LogP contribution in [-0.4, -0.2) is 63.8 Å². The molecule has 0 aliphatic carbocycles. The number of carboxylic acids is 2. The largest absolute Gasteiger partial charge is 0.481 e. The molecule has 0 aromatic heterocycles. The number of carbonyl (C=O) groups is 4. The van der Waals surface area contributed by atoms with Crippen LogP contribution in [-0.2, 0) is 19.2 Å². The Bertz CT molecular complexity index is 469. The molecule has 0 saturated heterocycles. The Kier molecular flexibility index (Phi) is 9.58. The Labute approximate surface area is 139 Å². The summed E-state index contributed by atoms with van der Waals surface area (Å²) in [7, 11) is 0. The molecule has 0 aromatic rings. The maximum atomic E-state index is 12.3. The molecule has 0 heterocycles. The zero-order valence-corrected chi connectivity index (χ0v) is 13.7. The normalized spacial score (nSPS) is 15.7. The van der Waals surface area contributed by atoms with E-state index in [9.17, 15) is 24.3 Å². The Hall–Kier alpha value is -2.20. The van der Waals surface area contributed by atoms with Crippen molar-refractivity contribution in [1.82, 2.24) is 10.6 Å². The van der Waals surface area contributed by atoms with Gasteiger partial charge in [-0.05, 0) is 12.3 Å². The molecule has 138 valence electrons. The summed E-state index contributed by atoms with van der Waals surface area (Å²) in [5.74, 6) is -4.42. The summed E-state index contributed by atoms with van der Waals surface area (Å²) in [4.78, 5) is 45.9. The van der Waals surface area contributed by atoms with Gasteiger partial charge in [0.05, 0.1) is 6.61 Å². The molecule has 24 heavy (non-hydrogen) atoms. The van der Waals surface area contributed by atoms with Crippen LogP contribution in [0.4, 0.5) is 0 Å². The van der Waals surface area contributed by atoms with Gasteiger partial charge in [-0.2, -0.15) is 0 Å². The SMILES string of the molecule is CCC(C)C(NC(=O)C(CCC(=O)O)NC(=O)C(N)CO)C(=O)O. The number of aliphatic hydroxyl groups is 1. The van der Waals surface area contributed by atoms with Crippen LogP contribution in [0.1, 0.15) is 33.1 Å². The van der Waals surface area contributed by atoms with Crippen LogP contribution in [0.5, 0.6) is 0 Å². The second kappa shape index (κ2) is 10.6. The molecule has 0 radical (unpaired) electrons. The number of nitrogens with one attached hydrogen (secondary N) is 2. The predicted molar refractivity (Wildman–Crippen MR) is 82.9 cm³/mol. The van der Waals surface area contributed by atoms with Gasteiger partial charge in [-0.25, -0.2) is 4.79 Å². The van der Waals surface area contributed by atoms with Gasteiger partial charge < -0.3 is 31.7 Å². The minimum atomic E-state index is -1.27. The van der Waals surface area contributed by atoms with E-state index in [0.29, 0.717) is 6.42 Å². The second-order valence-electron chi connectivity index (χ2n) is 5.49. The highest BCUT2D eigenvalue weighted by atomic mass is 16.4. The lowest BCUT2D eigenvalue weighted by Crippen LogP contribution is -2.56. The minimum Gasteiger partial charge on any atom is -0.481 e. The lowest BCUT2D eigenvalue weighted by Gasteiger charge is -2.24. The molecule has 7 N–H and O–H groups in total. The van der Waals surface area contributed by atoms with Gasteiger partial charge in [0.25, 0.3) is 0 Å². The van der Waals surface area contributed by atoms with Crippen LogP contribution in [0.2, 0.25) is 0 Å². The Morgan fingerprint density at radius 2 is 1.67 bits per heavy atom. The summed E-state index contributed by atoms with van der Waals surface area (Å²) >= 11 is 0. The standard InChI is InChI=1S/C14H25N3O7/c1-3-7(2)11(14(23)24)17-13(22)9(4-5-10(19)20)16-12(21)8(15)6-18/h7-9,11,18H,3-6,15H2,1-2H3,(H,16,21)(H,17,22)(H,19,20)(H,23,24). The molecular weight excluding hydrogens is 322 g/mol. The highest BCUT2D eigenvalue weighted by molar-refractivity contribution is 5.92. The topological polar surface area (TPSA) is 179 Å². The van der Waals surface area contributed by atoms with E-state index in [1.165, 1.54) is 0 Å². The summed E-state index contributed by atoms with van der Waals surface area (Å²) in [5, 5.41) is 31.3. The summed E-state index contributed by atoms with van der Waals surface area (Å²) in [5.41, 5.74) is 5.34. The first kappa shape index (κ1) is 21.8. The number of hydrogen-bond acceptors (Lipinski definition) is 6. The number of aliphatic carboxylic acids is 2. The number of nitrogens with two attached hydrogens (primary N) is 1. The minimum absolute atomic E-state index is 0.238. The van der Waals surface area contributed by atoms with Crippen LogP contribution in [0.25, 0.3) is 0 Å². The van der Waals surface area contributed by atoms with Gasteiger partial charge >= 0.3 is 11.9 Å². The average molecular weight is 347 g/mol. The van der Waals surface area contributed by atoms with Gasteiger partial charge in [0.1, 0.15) is 18.1 Å². The molecule has 0 saturated carbocycles. The average Bonchev–Trinajstić information content (AvgIpc) is 2.53. The Morgan fingerprint density at radius 3 is 2.08 bits per heavy atom. The molecule has 4 atom stereocenters. The third kappa shape index (κ3) is 7.38. The van der Waals surface area contributed by atoms with Gasteiger partial charge in [0.2, 0.25) is 11.8 Å². The van der Waals surface area contributed by atoms with Crippen molar-refractivity contribution >= 4 is 23.8 Å². The van der Waals surface area contributed by atoms with E-state index in [0.717, 1.165) is 0 Å². The van der Waals surface area contributed by atoms with Gasteiger partial charge in [-0.15, -0.1) is 0 Å². The first-order valence-electron chi connectivity index (χ1n) is 7.55. The summed E-state index contributed by atoms with van der Waals surface area (Å²) in [6, 6.07) is -3.70. The van der Waals surface area contributed by atoms with E-state index in [-0.39, 0.29) is 12.3 Å². The van der Waals surface area contributed by atoms with Gasteiger partial charge in [0, 0.05) is 6.42 Å². The lowest BCUT2D eigenvalue weighted by molar-refractivity contribution is -0.144. The zero-order valence-electron chi connectivity index (χ0n) is 13.7. The molecule has 0 aliphatic rings. The number of hydrogen-bond donors (Lipinski definition) is 6. The van der Waals surface area contributed by atoms with E-state index in [4.69, 9.17) is 15.9 Å². The molecule has 0 rings (SSSR count). The number of rotatable bonds is 11. The van der Waals surface area contributed by atoms with E-state index >= 15 is 0 Å². The molecule has 10 heteroatoms. The number of carbonyl (C=O) groups excluding carboxylic acids is 2. The molecule has 0 fully saturated rings. The van der Waals surface area contributed by atoms with Crippen molar-refractivity contribution in [3.8, 4) is 0 Å². The molecule has 0 aliphatic heterocycles. The third-order valence-corrected chi connectivity index (χ3v) is 3.59. The predicted octanol–water partition coefficient (Wildman–Crippen LogP) is -1.73. The monoisotopic (exact) mass is 347 g/mol. The maximum Gasteiger partial charge on any atom is 0.326 e. The van der Waals surface area contributed by atoms with E-state index in [2.05, 4.69) is 10.6 Å². The van der Waals surface area contributed by atoms with Gasteiger partial charge in [-0.3, -0.25) is 14.4 Å². The van der Waals surface area contributed by atoms with Crippen molar-refractivity contribution in [3.63, 3.8) is 0 Å². The fraction of sp³-hybridized carbons (Fsp3) is 0.714. The van der Waals surface area contributed by atoms with Crippen molar-refractivity contribution in [2.45, 2.75) is 51.2 Å². The molecule has 4 unspecified atom stereocenters. The van der Waals surface area contributed by atoms with Crippen LogP contribution in [0, 0.1) is 5.92 Å². The maximum absolute atomic E-state index is 12.3. The summed E-state index contributed by atoms with van der Waals surface area (Å²) in [6.45, 7) is 2.76. The van der Waals surface area contributed by atoms with Crippen molar-refractivity contribution in [2.75, 3.05) is 6.61 Å². The van der Waals surface area contributed by atoms with Gasteiger partial charge in [0.15, 0.2) is 0 Å². The number of amides is 2. The molecule has 10 nitrogen and oxygen atoms in total. The quantitative estimate of drug-likeness (QED) is 0.255. The van der Waals surface area contributed by atoms with Crippen LogP contribution >= 0.6 is 0 Å². The van der Waals surface area contributed by atoms with Crippen LogP contribution < -0.4 is 16.4 Å². The highest BCUT2D eigenvalue weighted by Gasteiger charge is 2.30. The van der Waals surface area contributed by atoms with E-state index in [1.807, 2.05) is 0 Å². The van der Waals surface area contributed by atoms with E-state index in [1.54, 1.807) is 13.8 Å². The smallest absolute Gasteiger partial charge is 0.326 e. The molecular formula is C14H25N3O7. The fourth-order valence-corrected chi connectivity index (χ4v) is 1.84. The fourth-order valence-electron chi connectivity index (χ4n) is 1.84. The van der Waals surface area contributed by atoms with E-state index < -0.39 is 54.9 Å². The zero-order chi connectivity index (χ0) is 18.9. The Morgan fingerprint density at radius 1 is 1.08 bits per heavy atom. The molecule has 0 bridgehead atoms. The lowest BCUT2D eigenvalue weighted by atomic mass is 9.98. The first-order chi connectivity index (χ1) is 11.1. The van der Waals surface area contributed by atoms with Gasteiger partial charge in [-0.1, -0.05) is 20.3 Å². The number of aliphatic hydroxyl groups excluding tert-OH is 1. The van der Waals surface area contributed by atoms with Crippen molar-refractivity contribution in [1.29, 1.82) is 0 Å². The third-order valence-electron chi connectivity index (χ3n) is 3.59. The van der Waals surface area contributed by atoms with Crippen molar-refractivity contribution in [3.05, 3.63) is 0 Å². The number of carboxylic acid groups (broad SMARTS) is 2. The molecule has 0 aromatic carbocycles. The van der Waals surface area contributed by atoms with Crippen molar-refractivity contribution in [2.24, 2.45) is 11.7 Å². The van der Waals surface area contributed by atoms with Crippen LogP contribution in [0.3, 0.4) is 0 Å². The van der Waals surface area contributed by atoms with Crippen LogP contribution in [0.15, 0.2) is 0 Å². The first-order valence-corrected chi connectivity index (χ1v) is 7.55. The molecule has 2 amide bonds. The van der Waals surface area contributed by atoms with Crippen molar-refractivity contribution < 1.29 is 34.5 Å². The molecule has 0 spiro atoms. The highest BCUT2D eigenvalue weighted by Crippen LogP contribution is 2.09. The summed E-state index contributed by atoms with van der Waals surface area (Å²) < 4.78 is 0.